The van der Waals surface area contributed by atoms with Crippen LogP contribution in [0.15, 0.2) is 24.3 Å². The van der Waals surface area contributed by atoms with Crippen LogP contribution in [-0.2, 0) is 0 Å². The molecule has 0 fully saturated rings. The molecule has 2 rings (SSSR count). The van der Waals surface area contributed by atoms with Gasteiger partial charge in [-0.05, 0) is 26.2 Å². The lowest BCUT2D eigenvalue weighted by Crippen LogP contribution is -2.31. The van der Waals surface area contributed by atoms with Crippen LogP contribution in [0.3, 0.4) is 0 Å². The number of H-pyrrole nitrogens is 1. The summed E-state index contributed by atoms with van der Waals surface area (Å²) in [5.74, 6) is -0.217. The van der Waals surface area contributed by atoms with Gasteiger partial charge in [-0.2, -0.15) is 0 Å². The molecule has 0 saturated carbocycles. The molecule has 0 bridgehead atoms. The molecule has 0 saturated heterocycles. The monoisotopic (exact) mass is 276 g/mol. The fraction of sp³-hybridized carbons (Fsp3) is 0.308. The molecule has 1 amide bonds. The Morgan fingerprint density at radius 3 is 2.80 bits per heavy atom. The maximum Gasteiger partial charge on any atom is 0.271 e. The number of carbonyl (C=O) groups excluding carboxylic acids is 1. The molecule has 0 spiro atoms. The summed E-state index contributed by atoms with van der Waals surface area (Å²) >= 11 is 0. The van der Waals surface area contributed by atoms with Crippen LogP contribution in [0.5, 0.6) is 0 Å². The Bertz CT molecular complexity index is 648. The van der Waals surface area contributed by atoms with E-state index in [4.69, 9.17) is 0 Å². The molecule has 106 valence electrons. The molecular formula is C13H16N4O3. The van der Waals surface area contributed by atoms with Crippen LogP contribution in [0.4, 0.5) is 5.69 Å². The van der Waals surface area contributed by atoms with Crippen LogP contribution in [-0.4, -0.2) is 47.9 Å². The normalized spacial score (nSPS) is 10.9. The minimum Gasteiger partial charge on any atom is -0.350 e. The number of carbonyl (C=O) groups is 1. The lowest BCUT2D eigenvalue weighted by Gasteiger charge is -2.09. The number of non-ortho nitro benzene ring substituents is 1. The van der Waals surface area contributed by atoms with Crippen LogP contribution < -0.4 is 5.32 Å². The van der Waals surface area contributed by atoms with Crippen molar-refractivity contribution in [2.75, 3.05) is 27.2 Å². The molecule has 0 aliphatic rings. The van der Waals surface area contributed by atoms with Crippen LogP contribution in [0, 0.1) is 10.1 Å². The van der Waals surface area contributed by atoms with Gasteiger partial charge < -0.3 is 15.2 Å². The summed E-state index contributed by atoms with van der Waals surface area (Å²) in [4.78, 5) is 27.0. The molecule has 20 heavy (non-hydrogen) atoms. The first-order valence-electron chi connectivity index (χ1n) is 6.17. The third-order valence-electron chi connectivity index (χ3n) is 2.91. The van der Waals surface area contributed by atoms with Gasteiger partial charge in [0, 0.05) is 30.6 Å². The second-order valence-corrected chi connectivity index (χ2v) is 4.77. The van der Waals surface area contributed by atoms with Crippen molar-refractivity contribution in [2.24, 2.45) is 0 Å². The fourth-order valence-corrected chi connectivity index (χ4v) is 1.84. The van der Waals surface area contributed by atoms with Crippen molar-refractivity contribution in [3.8, 4) is 0 Å². The van der Waals surface area contributed by atoms with Gasteiger partial charge in [-0.1, -0.05) is 0 Å². The van der Waals surface area contributed by atoms with Crippen molar-refractivity contribution in [2.45, 2.75) is 0 Å². The predicted molar refractivity (Wildman–Crippen MR) is 75.8 cm³/mol. The van der Waals surface area contributed by atoms with E-state index in [0.717, 1.165) is 11.9 Å². The van der Waals surface area contributed by atoms with Gasteiger partial charge in [-0.15, -0.1) is 0 Å². The van der Waals surface area contributed by atoms with E-state index in [1.165, 1.54) is 12.1 Å². The number of nitrogens with one attached hydrogen (secondary N) is 2. The highest BCUT2D eigenvalue weighted by atomic mass is 16.6. The van der Waals surface area contributed by atoms with Gasteiger partial charge in [-0.25, -0.2) is 0 Å². The molecule has 0 unspecified atom stereocenters. The molecule has 0 atom stereocenters. The maximum absolute atomic E-state index is 11.9. The molecule has 0 aliphatic heterocycles. The van der Waals surface area contributed by atoms with Gasteiger partial charge in [-0.3, -0.25) is 14.9 Å². The summed E-state index contributed by atoms with van der Waals surface area (Å²) in [5, 5.41) is 14.3. The molecule has 1 aromatic carbocycles. The lowest BCUT2D eigenvalue weighted by atomic mass is 10.2. The zero-order valence-corrected chi connectivity index (χ0v) is 11.3. The minimum absolute atomic E-state index is 0.00100. The van der Waals surface area contributed by atoms with E-state index in [9.17, 15) is 14.9 Å². The molecule has 1 aromatic heterocycles. The van der Waals surface area contributed by atoms with E-state index in [2.05, 4.69) is 10.3 Å². The van der Waals surface area contributed by atoms with Crippen LogP contribution in [0.25, 0.3) is 10.9 Å². The summed E-state index contributed by atoms with van der Waals surface area (Å²) in [6.45, 7) is 1.29. The topological polar surface area (TPSA) is 91.3 Å². The van der Waals surface area contributed by atoms with Crippen molar-refractivity contribution in [1.82, 2.24) is 15.2 Å². The SMILES string of the molecule is CN(C)CCNC(=O)c1cc2ccc([N+](=O)[O-])cc2[nH]1. The number of rotatable bonds is 5. The number of aromatic nitrogens is 1. The molecule has 1 heterocycles. The first-order chi connectivity index (χ1) is 9.47. The Balaban J connectivity index is 2.14. The van der Waals surface area contributed by atoms with Gasteiger partial charge in [0.1, 0.15) is 5.69 Å². The molecule has 2 aromatic rings. The molecule has 0 radical (unpaired) electrons. The Morgan fingerprint density at radius 1 is 1.40 bits per heavy atom. The first-order valence-corrected chi connectivity index (χ1v) is 6.17. The van der Waals surface area contributed by atoms with Crippen molar-refractivity contribution >= 4 is 22.5 Å². The average molecular weight is 276 g/mol. The zero-order chi connectivity index (χ0) is 14.7. The molecular weight excluding hydrogens is 260 g/mol. The van der Waals surface area contributed by atoms with Gasteiger partial charge in [0.2, 0.25) is 0 Å². The Morgan fingerprint density at radius 2 is 2.15 bits per heavy atom. The minimum atomic E-state index is -0.461. The number of hydrogen-bond acceptors (Lipinski definition) is 4. The molecule has 0 aliphatic carbocycles. The van der Waals surface area contributed by atoms with Crippen LogP contribution in [0.2, 0.25) is 0 Å². The second kappa shape index (κ2) is 5.70. The maximum atomic E-state index is 11.9. The van der Waals surface area contributed by atoms with Gasteiger partial charge in [0.25, 0.3) is 11.6 Å². The smallest absolute Gasteiger partial charge is 0.271 e. The fourth-order valence-electron chi connectivity index (χ4n) is 1.84. The van der Waals surface area contributed by atoms with Crippen LogP contribution in [0.1, 0.15) is 10.5 Å². The first kappa shape index (κ1) is 14.0. The summed E-state index contributed by atoms with van der Waals surface area (Å²) in [6.07, 6.45) is 0. The molecule has 2 N–H and O–H groups in total. The molecule has 7 nitrogen and oxygen atoms in total. The number of aromatic amines is 1. The van der Waals surface area contributed by atoms with Crippen molar-refractivity contribution < 1.29 is 9.72 Å². The summed E-state index contributed by atoms with van der Waals surface area (Å²) in [6, 6.07) is 6.15. The number of amides is 1. The lowest BCUT2D eigenvalue weighted by molar-refractivity contribution is -0.384. The quantitative estimate of drug-likeness (QED) is 0.637. The van der Waals surface area contributed by atoms with E-state index >= 15 is 0 Å². The van der Waals surface area contributed by atoms with E-state index in [-0.39, 0.29) is 11.6 Å². The van der Waals surface area contributed by atoms with E-state index < -0.39 is 4.92 Å². The van der Waals surface area contributed by atoms with Gasteiger partial charge in [0.05, 0.1) is 10.4 Å². The van der Waals surface area contributed by atoms with E-state index in [1.54, 1.807) is 12.1 Å². The third kappa shape index (κ3) is 3.12. The highest BCUT2D eigenvalue weighted by molar-refractivity contribution is 5.98. The standard InChI is InChI=1S/C13H16N4O3/c1-16(2)6-5-14-13(18)12-7-9-3-4-10(17(19)20)8-11(9)15-12/h3-4,7-8,15H,5-6H2,1-2H3,(H,14,18). The number of hydrogen-bond donors (Lipinski definition) is 2. The predicted octanol–water partition coefficient (Wildman–Crippen LogP) is 1.37. The Hall–Kier alpha value is -2.41. The number of fused-ring (bicyclic) bond motifs is 1. The largest absolute Gasteiger partial charge is 0.350 e. The van der Waals surface area contributed by atoms with Crippen LogP contribution >= 0.6 is 0 Å². The third-order valence-corrected chi connectivity index (χ3v) is 2.91. The number of likely N-dealkylation sites (N-methyl/N-ethyl adjacent to an activating group) is 1. The number of nitro benzene ring substituents is 1. The van der Waals surface area contributed by atoms with E-state index in [1.807, 2.05) is 19.0 Å². The summed E-state index contributed by atoms with van der Waals surface area (Å²) in [5.41, 5.74) is 0.982. The number of benzene rings is 1. The summed E-state index contributed by atoms with van der Waals surface area (Å²) in [7, 11) is 3.85. The molecule has 7 heteroatoms. The van der Waals surface area contributed by atoms with E-state index in [0.29, 0.717) is 17.8 Å². The van der Waals surface area contributed by atoms with Crippen molar-refractivity contribution in [1.29, 1.82) is 0 Å². The zero-order valence-electron chi connectivity index (χ0n) is 11.3. The summed E-state index contributed by atoms with van der Waals surface area (Å²) < 4.78 is 0. The van der Waals surface area contributed by atoms with Gasteiger partial charge >= 0.3 is 0 Å². The average Bonchev–Trinajstić information content (AvgIpc) is 2.80. The van der Waals surface area contributed by atoms with Crippen molar-refractivity contribution in [3.05, 3.63) is 40.1 Å². The second-order valence-electron chi connectivity index (χ2n) is 4.77. The number of nitrogens with zero attached hydrogens (tertiary/aromatic N) is 2. The Labute approximate surface area is 115 Å². The van der Waals surface area contributed by atoms with Crippen molar-refractivity contribution in [3.63, 3.8) is 0 Å². The highest BCUT2D eigenvalue weighted by Crippen LogP contribution is 2.21. The van der Waals surface area contributed by atoms with Gasteiger partial charge in [0.15, 0.2) is 0 Å². The number of nitro groups is 1. The Kier molecular flexibility index (Phi) is 3.99. The highest BCUT2D eigenvalue weighted by Gasteiger charge is 2.12.